The van der Waals surface area contributed by atoms with E-state index in [0.717, 1.165) is 18.8 Å². The molecule has 1 unspecified atom stereocenters. The molecule has 0 spiro atoms. The fraction of sp³-hybridized carbons (Fsp3) is 0.909. The predicted octanol–water partition coefficient (Wildman–Crippen LogP) is 2.91. The van der Waals surface area contributed by atoms with Crippen LogP contribution in [0.4, 0.5) is 0 Å². The molecular formula is C11H20O2. The zero-order valence-electron chi connectivity index (χ0n) is 8.71. The van der Waals surface area contributed by atoms with Gasteiger partial charge >= 0.3 is 5.97 Å². The van der Waals surface area contributed by atoms with Crippen LogP contribution in [0.3, 0.4) is 0 Å². The van der Waals surface area contributed by atoms with Crippen molar-refractivity contribution in [2.75, 3.05) is 0 Å². The third-order valence-electron chi connectivity index (χ3n) is 2.53. The minimum absolute atomic E-state index is 0.00569. The summed E-state index contributed by atoms with van der Waals surface area (Å²) in [6, 6.07) is 0. The highest BCUT2D eigenvalue weighted by molar-refractivity contribution is 5.71. The average Bonchev–Trinajstić information content (AvgIpc) is 2.45. The molecule has 0 bridgehead atoms. The summed E-state index contributed by atoms with van der Waals surface area (Å²) in [5, 5.41) is 0. The standard InChI is InChI=1S/C11H20O2/c1-9(2)5-3-4-6-10-7-8-11(12)13-10/h9-10H,3-8H2,1-2H3. The van der Waals surface area contributed by atoms with Crippen molar-refractivity contribution in [2.24, 2.45) is 5.92 Å². The number of esters is 1. The van der Waals surface area contributed by atoms with Crippen molar-refractivity contribution in [3.05, 3.63) is 0 Å². The van der Waals surface area contributed by atoms with Gasteiger partial charge in [0.15, 0.2) is 0 Å². The molecule has 0 aliphatic carbocycles. The van der Waals surface area contributed by atoms with Gasteiger partial charge in [-0.05, 0) is 25.2 Å². The highest BCUT2D eigenvalue weighted by atomic mass is 16.5. The molecule has 1 rings (SSSR count). The summed E-state index contributed by atoms with van der Waals surface area (Å²) in [6.07, 6.45) is 6.65. The van der Waals surface area contributed by atoms with Crippen LogP contribution in [-0.4, -0.2) is 12.1 Å². The Morgan fingerprint density at radius 2 is 2.23 bits per heavy atom. The summed E-state index contributed by atoms with van der Waals surface area (Å²) >= 11 is 0. The molecule has 1 aliphatic heterocycles. The van der Waals surface area contributed by atoms with E-state index < -0.39 is 0 Å². The van der Waals surface area contributed by atoms with Crippen LogP contribution in [0.15, 0.2) is 0 Å². The van der Waals surface area contributed by atoms with Gasteiger partial charge in [0.25, 0.3) is 0 Å². The third kappa shape index (κ3) is 4.30. The summed E-state index contributed by atoms with van der Waals surface area (Å²) in [5.41, 5.74) is 0. The van der Waals surface area contributed by atoms with Crippen LogP contribution in [0, 0.1) is 5.92 Å². The Morgan fingerprint density at radius 3 is 2.77 bits per heavy atom. The van der Waals surface area contributed by atoms with E-state index in [9.17, 15) is 4.79 Å². The maximum Gasteiger partial charge on any atom is 0.306 e. The van der Waals surface area contributed by atoms with Gasteiger partial charge in [-0.15, -0.1) is 0 Å². The lowest BCUT2D eigenvalue weighted by molar-refractivity contribution is -0.141. The molecule has 2 heteroatoms. The second kappa shape index (κ2) is 5.25. The highest BCUT2D eigenvalue weighted by Gasteiger charge is 2.22. The van der Waals surface area contributed by atoms with Crippen molar-refractivity contribution in [3.8, 4) is 0 Å². The average molecular weight is 184 g/mol. The Labute approximate surface area is 80.7 Å². The van der Waals surface area contributed by atoms with E-state index in [-0.39, 0.29) is 12.1 Å². The van der Waals surface area contributed by atoms with Gasteiger partial charge in [0.05, 0.1) is 0 Å². The summed E-state index contributed by atoms with van der Waals surface area (Å²) in [4.78, 5) is 10.8. The zero-order valence-corrected chi connectivity index (χ0v) is 8.71. The normalized spacial score (nSPS) is 22.4. The first kappa shape index (κ1) is 10.6. The lowest BCUT2D eigenvalue weighted by Gasteiger charge is -2.09. The van der Waals surface area contributed by atoms with Gasteiger partial charge < -0.3 is 4.74 Å². The van der Waals surface area contributed by atoms with E-state index in [1.54, 1.807) is 0 Å². The van der Waals surface area contributed by atoms with E-state index in [4.69, 9.17) is 4.74 Å². The van der Waals surface area contributed by atoms with Crippen molar-refractivity contribution in [1.82, 2.24) is 0 Å². The molecule has 1 heterocycles. The molecule has 0 saturated carbocycles. The molecule has 76 valence electrons. The number of hydrogen-bond donors (Lipinski definition) is 0. The highest BCUT2D eigenvalue weighted by Crippen LogP contribution is 2.20. The fourth-order valence-electron chi connectivity index (χ4n) is 1.71. The number of carbonyl (C=O) groups is 1. The number of rotatable bonds is 5. The van der Waals surface area contributed by atoms with Gasteiger partial charge in [-0.25, -0.2) is 0 Å². The molecule has 0 aromatic rings. The maximum absolute atomic E-state index is 10.8. The second-order valence-electron chi connectivity index (χ2n) is 4.33. The maximum atomic E-state index is 10.8. The molecule has 1 atom stereocenters. The molecule has 0 aromatic heterocycles. The topological polar surface area (TPSA) is 26.3 Å². The molecule has 0 radical (unpaired) electrons. The first-order valence-electron chi connectivity index (χ1n) is 5.38. The van der Waals surface area contributed by atoms with Gasteiger partial charge in [0.2, 0.25) is 0 Å². The Bertz CT molecular complexity index is 163. The fourth-order valence-corrected chi connectivity index (χ4v) is 1.71. The molecular weight excluding hydrogens is 164 g/mol. The lowest BCUT2D eigenvalue weighted by atomic mass is 10.0. The number of cyclic esters (lactones) is 1. The Morgan fingerprint density at radius 1 is 1.46 bits per heavy atom. The van der Waals surface area contributed by atoms with E-state index >= 15 is 0 Å². The van der Waals surface area contributed by atoms with E-state index in [0.29, 0.717) is 6.42 Å². The number of carbonyl (C=O) groups excluding carboxylic acids is 1. The van der Waals surface area contributed by atoms with Crippen molar-refractivity contribution in [2.45, 2.75) is 58.5 Å². The van der Waals surface area contributed by atoms with Crippen LogP contribution in [0.1, 0.15) is 52.4 Å². The minimum Gasteiger partial charge on any atom is -0.462 e. The van der Waals surface area contributed by atoms with Crippen LogP contribution >= 0.6 is 0 Å². The second-order valence-corrected chi connectivity index (χ2v) is 4.33. The van der Waals surface area contributed by atoms with Crippen molar-refractivity contribution >= 4 is 5.97 Å². The molecule has 1 aliphatic rings. The van der Waals surface area contributed by atoms with Crippen LogP contribution in [0.5, 0.6) is 0 Å². The van der Waals surface area contributed by atoms with Gasteiger partial charge in [0, 0.05) is 6.42 Å². The number of hydrogen-bond acceptors (Lipinski definition) is 2. The minimum atomic E-state index is -0.00569. The molecule has 0 N–H and O–H groups in total. The molecule has 1 fully saturated rings. The predicted molar refractivity (Wildman–Crippen MR) is 52.4 cm³/mol. The Hall–Kier alpha value is -0.530. The molecule has 2 nitrogen and oxygen atoms in total. The molecule has 0 aromatic carbocycles. The van der Waals surface area contributed by atoms with Crippen LogP contribution in [-0.2, 0) is 9.53 Å². The van der Waals surface area contributed by atoms with E-state index in [1.807, 2.05) is 0 Å². The Kier molecular flexibility index (Phi) is 4.26. The van der Waals surface area contributed by atoms with Crippen molar-refractivity contribution in [3.63, 3.8) is 0 Å². The first-order valence-corrected chi connectivity index (χ1v) is 5.38. The monoisotopic (exact) mass is 184 g/mol. The largest absolute Gasteiger partial charge is 0.462 e. The van der Waals surface area contributed by atoms with Crippen molar-refractivity contribution in [1.29, 1.82) is 0 Å². The zero-order chi connectivity index (χ0) is 9.68. The summed E-state index contributed by atoms with van der Waals surface area (Å²) < 4.78 is 5.13. The van der Waals surface area contributed by atoms with Gasteiger partial charge in [-0.1, -0.05) is 26.7 Å². The first-order chi connectivity index (χ1) is 6.18. The SMILES string of the molecule is CC(C)CCCCC1CCC(=O)O1. The van der Waals surface area contributed by atoms with Gasteiger partial charge in [0.1, 0.15) is 6.10 Å². The molecule has 0 amide bonds. The van der Waals surface area contributed by atoms with Gasteiger partial charge in [-0.3, -0.25) is 4.79 Å². The third-order valence-corrected chi connectivity index (χ3v) is 2.53. The quantitative estimate of drug-likeness (QED) is 0.485. The number of ether oxygens (including phenoxy) is 1. The van der Waals surface area contributed by atoms with E-state index in [2.05, 4.69) is 13.8 Å². The molecule has 13 heavy (non-hydrogen) atoms. The van der Waals surface area contributed by atoms with E-state index in [1.165, 1.54) is 19.3 Å². The number of unbranched alkanes of at least 4 members (excludes halogenated alkanes) is 1. The Balaban J connectivity index is 1.97. The lowest BCUT2D eigenvalue weighted by Crippen LogP contribution is -2.06. The summed E-state index contributed by atoms with van der Waals surface area (Å²) in [7, 11) is 0. The smallest absolute Gasteiger partial charge is 0.306 e. The van der Waals surface area contributed by atoms with Crippen LogP contribution < -0.4 is 0 Å². The molecule has 1 saturated heterocycles. The summed E-state index contributed by atoms with van der Waals surface area (Å²) in [5.74, 6) is 0.792. The van der Waals surface area contributed by atoms with Crippen LogP contribution in [0.2, 0.25) is 0 Å². The van der Waals surface area contributed by atoms with Crippen molar-refractivity contribution < 1.29 is 9.53 Å². The van der Waals surface area contributed by atoms with Gasteiger partial charge in [-0.2, -0.15) is 0 Å². The van der Waals surface area contributed by atoms with Crippen LogP contribution in [0.25, 0.3) is 0 Å². The summed E-state index contributed by atoms with van der Waals surface area (Å²) in [6.45, 7) is 4.49.